The number of hydrogen-bond acceptors (Lipinski definition) is 4. The molecular formula is C18H25N5O. The van der Waals surface area contributed by atoms with Gasteiger partial charge in [-0.05, 0) is 37.9 Å². The standard InChI is InChI=1S/C18H25N5O/c1-2-21-10-12-22(13-11-21)15-7-5-6-14-17(15)18(24)23(20-14)16-8-3-4-9-19-16/h3-4,8-9,15,20H,2,5-7,10-13H2,1H3. The quantitative estimate of drug-likeness (QED) is 0.930. The number of aryl methyl sites for hydroxylation is 1. The van der Waals surface area contributed by atoms with Crippen molar-refractivity contribution in [2.24, 2.45) is 0 Å². The maximum absolute atomic E-state index is 13.0. The molecule has 2 aromatic rings. The summed E-state index contributed by atoms with van der Waals surface area (Å²) in [5.74, 6) is 0.673. The van der Waals surface area contributed by atoms with Crippen molar-refractivity contribution in [2.45, 2.75) is 32.2 Å². The average Bonchev–Trinajstić information content (AvgIpc) is 2.99. The van der Waals surface area contributed by atoms with Gasteiger partial charge in [0.2, 0.25) is 0 Å². The first kappa shape index (κ1) is 15.6. The molecule has 0 bridgehead atoms. The lowest BCUT2D eigenvalue weighted by molar-refractivity contribution is 0.0907. The molecule has 3 heterocycles. The van der Waals surface area contributed by atoms with Crippen LogP contribution in [0.25, 0.3) is 5.82 Å². The third-order valence-corrected chi connectivity index (χ3v) is 5.42. The molecule has 6 heteroatoms. The summed E-state index contributed by atoms with van der Waals surface area (Å²) in [7, 11) is 0. The molecule has 1 saturated heterocycles. The highest BCUT2D eigenvalue weighted by Gasteiger charge is 2.32. The molecule has 1 N–H and O–H groups in total. The summed E-state index contributed by atoms with van der Waals surface area (Å²) >= 11 is 0. The van der Waals surface area contributed by atoms with E-state index in [0.29, 0.717) is 5.82 Å². The fraction of sp³-hybridized carbons (Fsp3) is 0.556. The molecule has 0 aromatic carbocycles. The van der Waals surface area contributed by atoms with Gasteiger partial charge in [-0.3, -0.25) is 14.8 Å². The number of fused-ring (bicyclic) bond motifs is 1. The molecule has 6 nitrogen and oxygen atoms in total. The van der Waals surface area contributed by atoms with Crippen molar-refractivity contribution < 1.29 is 0 Å². The van der Waals surface area contributed by atoms with E-state index in [1.807, 2.05) is 18.2 Å². The molecule has 1 atom stereocenters. The first-order chi connectivity index (χ1) is 11.8. The lowest BCUT2D eigenvalue weighted by atomic mass is 9.91. The van der Waals surface area contributed by atoms with E-state index < -0.39 is 0 Å². The summed E-state index contributed by atoms with van der Waals surface area (Å²) in [5.41, 5.74) is 2.14. The minimum atomic E-state index is 0.0753. The van der Waals surface area contributed by atoms with Crippen molar-refractivity contribution in [1.29, 1.82) is 0 Å². The van der Waals surface area contributed by atoms with Crippen LogP contribution in [-0.2, 0) is 6.42 Å². The van der Waals surface area contributed by atoms with Crippen molar-refractivity contribution in [3.05, 3.63) is 46.0 Å². The fourth-order valence-electron chi connectivity index (χ4n) is 4.05. The van der Waals surface area contributed by atoms with Gasteiger partial charge < -0.3 is 4.90 Å². The van der Waals surface area contributed by atoms with Crippen LogP contribution >= 0.6 is 0 Å². The number of aromatic nitrogens is 3. The number of rotatable bonds is 3. The summed E-state index contributed by atoms with van der Waals surface area (Å²) in [6.45, 7) is 7.62. The number of piperazine rings is 1. The third kappa shape index (κ3) is 2.70. The van der Waals surface area contributed by atoms with Gasteiger partial charge in [0, 0.05) is 44.1 Å². The molecule has 0 amide bonds. The molecule has 1 unspecified atom stereocenters. The molecule has 4 rings (SSSR count). The maximum Gasteiger partial charge on any atom is 0.277 e. The number of nitrogens with one attached hydrogen (secondary N) is 1. The van der Waals surface area contributed by atoms with Crippen molar-refractivity contribution in [2.75, 3.05) is 32.7 Å². The Labute approximate surface area is 142 Å². The van der Waals surface area contributed by atoms with E-state index in [2.05, 4.69) is 26.8 Å². The van der Waals surface area contributed by atoms with Crippen molar-refractivity contribution in [3.8, 4) is 5.82 Å². The van der Waals surface area contributed by atoms with Gasteiger partial charge in [-0.25, -0.2) is 9.67 Å². The van der Waals surface area contributed by atoms with Gasteiger partial charge in [-0.2, -0.15) is 0 Å². The van der Waals surface area contributed by atoms with Crippen LogP contribution in [0.1, 0.15) is 37.1 Å². The minimum Gasteiger partial charge on any atom is -0.301 e. The molecular weight excluding hydrogens is 302 g/mol. The highest BCUT2D eigenvalue weighted by atomic mass is 16.1. The Bertz CT molecular complexity index is 743. The van der Waals surface area contributed by atoms with E-state index >= 15 is 0 Å². The Morgan fingerprint density at radius 1 is 1.25 bits per heavy atom. The van der Waals surface area contributed by atoms with Crippen LogP contribution in [0, 0.1) is 0 Å². The second-order valence-electron chi connectivity index (χ2n) is 6.71. The van der Waals surface area contributed by atoms with Gasteiger partial charge in [-0.15, -0.1) is 0 Å². The molecule has 1 aliphatic carbocycles. The summed E-state index contributed by atoms with van der Waals surface area (Å²) in [6, 6.07) is 5.91. The van der Waals surface area contributed by atoms with Gasteiger partial charge in [-0.1, -0.05) is 13.0 Å². The monoisotopic (exact) mass is 327 g/mol. The summed E-state index contributed by atoms with van der Waals surface area (Å²) < 4.78 is 1.62. The summed E-state index contributed by atoms with van der Waals surface area (Å²) in [6.07, 6.45) is 4.89. The largest absolute Gasteiger partial charge is 0.301 e. The van der Waals surface area contributed by atoms with Crippen molar-refractivity contribution >= 4 is 0 Å². The molecule has 2 aromatic heterocycles. The Hall–Kier alpha value is -1.92. The zero-order valence-electron chi connectivity index (χ0n) is 14.2. The van der Waals surface area contributed by atoms with Crippen LogP contribution in [0.15, 0.2) is 29.2 Å². The predicted octanol–water partition coefficient (Wildman–Crippen LogP) is 1.58. The molecule has 0 radical (unpaired) electrons. The SMILES string of the molecule is CCN1CCN(C2CCCc3[nH]n(-c4ccccn4)c(=O)c32)CC1. The minimum absolute atomic E-state index is 0.0753. The average molecular weight is 327 g/mol. The molecule has 1 fully saturated rings. The van der Waals surface area contributed by atoms with Gasteiger partial charge in [0.1, 0.15) is 0 Å². The van der Waals surface area contributed by atoms with E-state index in [1.54, 1.807) is 10.9 Å². The van der Waals surface area contributed by atoms with Gasteiger partial charge >= 0.3 is 0 Å². The topological polar surface area (TPSA) is 57.2 Å². The van der Waals surface area contributed by atoms with E-state index in [0.717, 1.165) is 63.2 Å². The van der Waals surface area contributed by atoms with Crippen LogP contribution in [-0.4, -0.2) is 57.3 Å². The van der Waals surface area contributed by atoms with Gasteiger partial charge in [0.15, 0.2) is 5.82 Å². The number of nitrogens with zero attached hydrogens (tertiary/aromatic N) is 4. The summed E-state index contributed by atoms with van der Waals surface area (Å²) in [4.78, 5) is 22.3. The Morgan fingerprint density at radius 2 is 2.08 bits per heavy atom. The van der Waals surface area contributed by atoms with Crippen LogP contribution in [0.3, 0.4) is 0 Å². The highest BCUT2D eigenvalue weighted by Crippen LogP contribution is 2.32. The lowest BCUT2D eigenvalue weighted by Gasteiger charge is -2.40. The Morgan fingerprint density at radius 3 is 2.79 bits per heavy atom. The molecule has 1 aliphatic heterocycles. The number of H-pyrrole nitrogens is 1. The fourth-order valence-corrected chi connectivity index (χ4v) is 4.05. The third-order valence-electron chi connectivity index (χ3n) is 5.42. The van der Waals surface area contributed by atoms with Crippen molar-refractivity contribution in [3.63, 3.8) is 0 Å². The second kappa shape index (κ2) is 6.53. The van der Waals surface area contributed by atoms with E-state index in [1.165, 1.54) is 0 Å². The van der Waals surface area contributed by atoms with E-state index in [9.17, 15) is 4.79 Å². The number of likely N-dealkylation sites (N-methyl/N-ethyl adjacent to an activating group) is 1. The van der Waals surface area contributed by atoms with Crippen molar-refractivity contribution in [1.82, 2.24) is 24.6 Å². The van der Waals surface area contributed by atoms with Crippen LogP contribution in [0.4, 0.5) is 0 Å². The highest BCUT2D eigenvalue weighted by molar-refractivity contribution is 5.30. The van der Waals surface area contributed by atoms with Gasteiger partial charge in [0.05, 0.1) is 5.56 Å². The maximum atomic E-state index is 13.0. The first-order valence-electron chi connectivity index (χ1n) is 8.99. The predicted molar refractivity (Wildman–Crippen MR) is 93.6 cm³/mol. The molecule has 128 valence electrons. The smallest absolute Gasteiger partial charge is 0.277 e. The zero-order chi connectivity index (χ0) is 16.5. The molecule has 2 aliphatic rings. The van der Waals surface area contributed by atoms with Gasteiger partial charge in [0.25, 0.3) is 5.56 Å². The van der Waals surface area contributed by atoms with Crippen LogP contribution in [0.2, 0.25) is 0 Å². The Balaban J connectivity index is 1.66. The summed E-state index contributed by atoms with van der Waals surface area (Å²) in [5, 5.41) is 3.31. The van der Waals surface area contributed by atoms with E-state index in [-0.39, 0.29) is 11.6 Å². The number of aromatic amines is 1. The lowest BCUT2D eigenvalue weighted by Crippen LogP contribution is -2.48. The number of hydrogen-bond donors (Lipinski definition) is 1. The Kier molecular flexibility index (Phi) is 4.24. The first-order valence-corrected chi connectivity index (χ1v) is 8.99. The molecule has 0 saturated carbocycles. The zero-order valence-corrected chi connectivity index (χ0v) is 14.2. The molecule has 0 spiro atoms. The van der Waals surface area contributed by atoms with Crippen LogP contribution < -0.4 is 5.56 Å². The normalized spacial score (nSPS) is 22.5. The second-order valence-corrected chi connectivity index (χ2v) is 6.71. The van der Waals surface area contributed by atoms with E-state index in [4.69, 9.17) is 0 Å². The number of pyridine rings is 1. The van der Waals surface area contributed by atoms with Crippen LogP contribution in [0.5, 0.6) is 0 Å². The molecule has 24 heavy (non-hydrogen) atoms.